The topological polar surface area (TPSA) is 24.5 Å². The zero-order chi connectivity index (χ0) is 23.2. The standard InChI is InChI=1S/C28H44N2OSi/c1-23-22-30(27(24-15-9-7-10-16-24)25-17-11-8-12-18-25)26(21-29-23)19-13-14-20-31-32(5,6)28(2,3)4/h7-12,15-18,23,26-27,29H,13-14,19-22H2,1-6H3/t23-,26-/m1/s1. The van der Waals surface area contributed by atoms with E-state index in [1.165, 1.54) is 24.0 Å². The summed E-state index contributed by atoms with van der Waals surface area (Å²) >= 11 is 0. The number of hydrogen-bond acceptors (Lipinski definition) is 3. The van der Waals surface area contributed by atoms with Gasteiger partial charge < -0.3 is 9.74 Å². The summed E-state index contributed by atoms with van der Waals surface area (Å²) in [6, 6.07) is 23.4. The number of nitrogens with one attached hydrogen (secondary N) is 1. The van der Waals surface area contributed by atoms with Crippen molar-refractivity contribution in [2.45, 2.75) is 83.2 Å². The van der Waals surface area contributed by atoms with Gasteiger partial charge in [0.25, 0.3) is 0 Å². The van der Waals surface area contributed by atoms with Gasteiger partial charge in [0.1, 0.15) is 0 Å². The second kappa shape index (κ2) is 11.1. The van der Waals surface area contributed by atoms with Gasteiger partial charge in [-0.25, -0.2) is 0 Å². The highest BCUT2D eigenvalue weighted by atomic mass is 28.4. The number of unbranched alkanes of at least 4 members (excludes halogenated alkanes) is 1. The number of nitrogens with zero attached hydrogens (tertiary/aromatic N) is 1. The highest BCUT2D eigenvalue weighted by molar-refractivity contribution is 6.74. The van der Waals surface area contributed by atoms with Crippen LogP contribution in [0.4, 0.5) is 0 Å². The summed E-state index contributed by atoms with van der Waals surface area (Å²) in [6.45, 7) is 17.0. The lowest BCUT2D eigenvalue weighted by atomic mass is 9.92. The Morgan fingerprint density at radius 2 is 1.53 bits per heavy atom. The van der Waals surface area contributed by atoms with Gasteiger partial charge in [0, 0.05) is 31.8 Å². The normalized spacial score (nSPS) is 20.6. The van der Waals surface area contributed by atoms with Crippen molar-refractivity contribution in [3.05, 3.63) is 71.8 Å². The first kappa shape index (κ1) is 25.2. The van der Waals surface area contributed by atoms with Crippen molar-refractivity contribution in [3.8, 4) is 0 Å². The minimum Gasteiger partial charge on any atom is -0.417 e. The largest absolute Gasteiger partial charge is 0.417 e. The van der Waals surface area contributed by atoms with Crippen molar-refractivity contribution in [2.75, 3.05) is 19.7 Å². The molecule has 4 heteroatoms. The lowest BCUT2D eigenvalue weighted by Crippen LogP contribution is -2.56. The molecule has 1 fully saturated rings. The molecule has 3 rings (SSSR count). The quantitative estimate of drug-likeness (QED) is 0.341. The van der Waals surface area contributed by atoms with Crippen LogP contribution in [0.5, 0.6) is 0 Å². The summed E-state index contributed by atoms with van der Waals surface area (Å²) < 4.78 is 6.42. The van der Waals surface area contributed by atoms with Crippen LogP contribution in [0.2, 0.25) is 18.1 Å². The molecule has 0 amide bonds. The van der Waals surface area contributed by atoms with Crippen molar-refractivity contribution >= 4 is 8.32 Å². The molecule has 1 aliphatic rings. The molecule has 0 aromatic heterocycles. The molecule has 0 saturated carbocycles. The first-order valence-corrected chi connectivity index (χ1v) is 15.3. The van der Waals surface area contributed by atoms with E-state index in [1.54, 1.807) is 0 Å². The summed E-state index contributed by atoms with van der Waals surface area (Å²) in [5.41, 5.74) is 2.78. The molecule has 1 aliphatic heterocycles. The van der Waals surface area contributed by atoms with Crippen LogP contribution in [-0.2, 0) is 4.43 Å². The maximum absolute atomic E-state index is 6.42. The Hall–Kier alpha value is -1.46. The molecule has 0 radical (unpaired) electrons. The fraction of sp³-hybridized carbons (Fsp3) is 0.571. The Kier molecular flexibility index (Phi) is 8.73. The van der Waals surface area contributed by atoms with Crippen LogP contribution < -0.4 is 5.32 Å². The molecule has 0 aliphatic carbocycles. The zero-order valence-corrected chi connectivity index (χ0v) is 22.1. The van der Waals surface area contributed by atoms with E-state index in [1.807, 2.05) is 0 Å². The molecular formula is C28H44N2OSi. The average Bonchev–Trinajstić information content (AvgIpc) is 2.76. The molecule has 0 unspecified atom stereocenters. The number of benzene rings is 2. The molecule has 1 heterocycles. The fourth-order valence-electron chi connectivity index (χ4n) is 4.44. The van der Waals surface area contributed by atoms with Crippen LogP contribution in [0.1, 0.15) is 64.1 Å². The second-order valence-corrected chi connectivity index (χ2v) is 15.8. The van der Waals surface area contributed by atoms with Gasteiger partial charge in [0.2, 0.25) is 0 Å². The highest BCUT2D eigenvalue weighted by Gasteiger charge is 2.37. The summed E-state index contributed by atoms with van der Waals surface area (Å²) in [4.78, 5) is 2.75. The van der Waals surface area contributed by atoms with Crippen molar-refractivity contribution in [1.82, 2.24) is 10.2 Å². The van der Waals surface area contributed by atoms with E-state index in [4.69, 9.17) is 4.43 Å². The second-order valence-electron chi connectivity index (χ2n) is 11.0. The average molecular weight is 453 g/mol. The van der Waals surface area contributed by atoms with E-state index in [-0.39, 0.29) is 5.04 Å². The molecular weight excluding hydrogens is 408 g/mol. The van der Waals surface area contributed by atoms with E-state index in [2.05, 4.69) is 112 Å². The van der Waals surface area contributed by atoms with Gasteiger partial charge >= 0.3 is 0 Å². The van der Waals surface area contributed by atoms with Crippen LogP contribution >= 0.6 is 0 Å². The number of piperazine rings is 1. The predicted octanol–water partition coefficient (Wildman–Crippen LogP) is 6.63. The third-order valence-corrected chi connectivity index (χ3v) is 12.0. The third kappa shape index (κ3) is 6.54. The molecule has 1 saturated heterocycles. The van der Waals surface area contributed by atoms with Crippen molar-refractivity contribution in [1.29, 1.82) is 0 Å². The van der Waals surface area contributed by atoms with Gasteiger partial charge in [0.15, 0.2) is 8.32 Å². The molecule has 3 nitrogen and oxygen atoms in total. The number of hydrogen-bond donors (Lipinski definition) is 1. The summed E-state index contributed by atoms with van der Waals surface area (Å²) in [7, 11) is -1.65. The van der Waals surface area contributed by atoms with Gasteiger partial charge in [-0.2, -0.15) is 0 Å². The van der Waals surface area contributed by atoms with E-state index in [9.17, 15) is 0 Å². The van der Waals surface area contributed by atoms with Crippen LogP contribution in [0.15, 0.2) is 60.7 Å². The first-order valence-electron chi connectivity index (χ1n) is 12.4. The maximum Gasteiger partial charge on any atom is 0.191 e. The first-order chi connectivity index (χ1) is 15.2. The van der Waals surface area contributed by atoms with Crippen LogP contribution in [0.25, 0.3) is 0 Å². The van der Waals surface area contributed by atoms with Crippen LogP contribution in [-0.4, -0.2) is 45.0 Å². The predicted molar refractivity (Wildman–Crippen MR) is 140 cm³/mol. The molecule has 176 valence electrons. The van der Waals surface area contributed by atoms with Crippen LogP contribution in [0.3, 0.4) is 0 Å². The monoisotopic (exact) mass is 452 g/mol. The minimum atomic E-state index is -1.65. The van der Waals surface area contributed by atoms with Gasteiger partial charge in [0.05, 0.1) is 6.04 Å². The molecule has 0 spiro atoms. The Bertz CT molecular complexity index is 764. The number of rotatable bonds is 9. The smallest absolute Gasteiger partial charge is 0.191 e. The zero-order valence-electron chi connectivity index (χ0n) is 21.1. The van der Waals surface area contributed by atoms with Gasteiger partial charge in [-0.3, -0.25) is 4.90 Å². The van der Waals surface area contributed by atoms with Gasteiger partial charge in [-0.15, -0.1) is 0 Å². The van der Waals surface area contributed by atoms with Crippen molar-refractivity contribution in [2.24, 2.45) is 0 Å². The summed E-state index contributed by atoms with van der Waals surface area (Å²) in [5.74, 6) is 0. The summed E-state index contributed by atoms with van der Waals surface area (Å²) in [5, 5.41) is 4.02. The lowest BCUT2D eigenvalue weighted by molar-refractivity contribution is 0.0937. The van der Waals surface area contributed by atoms with Crippen LogP contribution in [0, 0.1) is 0 Å². The molecule has 2 aromatic carbocycles. The minimum absolute atomic E-state index is 0.284. The molecule has 1 N–H and O–H groups in total. The molecule has 32 heavy (non-hydrogen) atoms. The molecule has 2 atom stereocenters. The van der Waals surface area contributed by atoms with E-state index < -0.39 is 8.32 Å². The summed E-state index contributed by atoms with van der Waals surface area (Å²) in [6.07, 6.45) is 3.56. The highest BCUT2D eigenvalue weighted by Crippen LogP contribution is 2.37. The van der Waals surface area contributed by atoms with Crippen molar-refractivity contribution < 1.29 is 4.43 Å². The van der Waals surface area contributed by atoms with Gasteiger partial charge in [-0.05, 0) is 55.4 Å². The molecule has 0 bridgehead atoms. The van der Waals surface area contributed by atoms with E-state index in [0.717, 1.165) is 26.1 Å². The fourth-order valence-corrected chi connectivity index (χ4v) is 5.53. The third-order valence-electron chi connectivity index (χ3n) is 7.42. The SMILES string of the molecule is C[C@@H]1CN(C(c2ccccc2)c2ccccc2)[C@H](CCCCO[Si](C)(C)C(C)(C)C)CN1. The Balaban J connectivity index is 1.68. The molecule has 2 aromatic rings. The lowest BCUT2D eigenvalue weighted by Gasteiger charge is -2.44. The Morgan fingerprint density at radius 1 is 0.969 bits per heavy atom. The van der Waals surface area contributed by atoms with E-state index in [0.29, 0.717) is 18.1 Å². The maximum atomic E-state index is 6.42. The van der Waals surface area contributed by atoms with Gasteiger partial charge in [-0.1, -0.05) is 81.4 Å². The van der Waals surface area contributed by atoms with E-state index >= 15 is 0 Å². The van der Waals surface area contributed by atoms with Crippen molar-refractivity contribution in [3.63, 3.8) is 0 Å². The Morgan fingerprint density at radius 3 is 2.06 bits per heavy atom. The Labute approximate surface area is 197 Å².